The third-order valence-electron chi connectivity index (χ3n) is 5.89. The van der Waals surface area contributed by atoms with Crippen LogP contribution >= 0.6 is 0 Å². The van der Waals surface area contributed by atoms with E-state index < -0.39 is 36.1 Å². The second-order valence-corrected chi connectivity index (χ2v) is 9.15. The first kappa shape index (κ1) is 26.2. The Morgan fingerprint density at radius 1 is 0.844 bits per heavy atom. The van der Waals surface area contributed by atoms with E-state index in [-0.39, 0.29) is 19.3 Å². The Labute approximate surface area is 190 Å². The second-order valence-electron chi connectivity index (χ2n) is 9.15. The Kier molecular flexibility index (Phi) is 8.76. The quantitative estimate of drug-likeness (QED) is 0.293. The maximum absolute atomic E-state index is 11.6. The molecule has 0 saturated heterocycles. The molecular formula is C26H36O6. The van der Waals surface area contributed by atoms with E-state index in [0.29, 0.717) is 11.1 Å². The van der Waals surface area contributed by atoms with Crippen molar-refractivity contribution in [1.29, 1.82) is 0 Å². The van der Waals surface area contributed by atoms with E-state index in [4.69, 9.17) is 0 Å². The first-order valence-electron chi connectivity index (χ1n) is 10.8. The average Bonchev–Trinajstić information content (AvgIpc) is 2.74. The number of hydrogen-bond acceptors (Lipinski definition) is 6. The lowest BCUT2D eigenvalue weighted by molar-refractivity contribution is -0.228. The van der Waals surface area contributed by atoms with E-state index in [0.717, 1.165) is 16.7 Å². The fourth-order valence-electron chi connectivity index (χ4n) is 4.13. The normalized spacial score (nSPS) is 18.3. The maximum Gasteiger partial charge on any atom is 0.126 e. The van der Waals surface area contributed by atoms with Gasteiger partial charge in [-0.15, -0.1) is 6.58 Å². The van der Waals surface area contributed by atoms with Gasteiger partial charge < -0.3 is 30.6 Å². The molecular weight excluding hydrogens is 408 g/mol. The molecule has 0 aliphatic rings. The Bertz CT molecular complexity index is 878. The van der Waals surface area contributed by atoms with Crippen molar-refractivity contribution < 1.29 is 30.6 Å². The Hall–Kier alpha value is -2.06. The molecule has 5 atom stereocenters. The number of hydrogen-bond donors (Lipinski definition) is 6. The van der Waals surface area contributed by atoms with Gasteiger partial charge >= 0.3 is 0 Å². The van der Waals surface area contributed by atoms with E-state index in [1.165, 1.54) is 0 Å². The highest BCUT2D eigenvalue weighted by Crippen LogP contribution is 2.35. The Morgan fingerprint density at radius 2 is 1.28 bits per heavy atom. The molecule has 2 aromatic carbocycles. The highest BCUT2D eigenvalue weighted by atomic mass is 16.4. The van der Waals surface area contributed by atoms with Gasteiger partial charge in [0.1, 0.15) is 29.5 Å². The van der Waals surface area contributed by atoms with Crippen molar-refractivity contribution in [2.45, 2.75) is 69.5 Å². The van der Waals surface area contributed by atoms with Crippen molar-refractivity contribution in [3.63, 3.8) is 0 Å². The van der Waals surface area contributed by atoms with Gasteiger partial charge in [0.05, 0.1) is 6.61 Å². The molecule has 0 fully saturated rings. The number of rotatable bonds is 11. The summed E-state index contributed by atoms with van der Waals surface area (Å²) in [5, 5.41) is 64.9. The van der Waals surface area contributed by atoms with Crippen LogP contribution in [0.3, 0.4) is 0 Å². The smallest absolute Gasteiger partial charge is 0.126 e. The van der Waals surface area contributed by atoms with Gasteiger partial charge in [-0.3, -0.25) is 0 Å². The molecule has 1 unspecified atom stereocenters. The molecule has 2 aromatic rings. The number of benzene rings is 2. The predicted molar refractivity (Wildman–Crippen MR) is 124 cm³/mol. The summed E-state index contributed by atoms with van der Waals surface area (Å²) in [4.78, 5) is 0. The summed E-state index contributed by atoms with van der Waals surface area (Å²) in [6, 6.07) is 14.5. The van der Waals surface area contributed by atoms with Gasteiger partial charge in [0.15, 0.2) is 0 Å². The summed E-state index contributed by atoms with van der Waals surface area (Å²) in [6.45, 7) is 8.57. The number of aliphatic hydroxyl groups is 6. The standard InChI is InChI=1S/C26H36O6/c1-17(2)13-25(31,14-20-9-5-18(3)6-10-20)24(30)26(32,23(29)22(28)16-27)15-21-11-7-19(4)8-12-21/h5-12,22-24,27-32H,1,13-16H2,2-4H3/t22-,23+,24+,25?,26+/m0/s1. The van der Waals surface area contributed by atoms with Gasteiger partial charge in [0.2, 0.25) is 0 Å². The lowest BCUT2D eigenvalue weighted by atomic mass is 9.71. The highest BCUT2D eigenvalue weighted by Gasteiger charge is 2.54. The molecule has 6 nitrogen and oxygen atoms in total. The van der Waals surface area contributed by atoms with Gasteiger partial charge in [-0.2, -0.15) is 0 Å². The van der Waals surface area contributed by atoms with Crippen molar-refractivity contribution in [3.05, 3.63) is 82.9 Å². The lowest BCUT2D eigenvalue weighted by Gasteiger charge is -2.46. The van der Waals surface area contributed by atoms with Crippen LogP contribution in [0.15, 0.2) is 60.7 Å². The van der Waals surface area contributed by atoms with Crippen LogP contribution in [0, 0.1) is 13.8 Å². The largest absolute Gasteiger partial charge is 0.394 e. The molecule has 0 aliphatic heterocycles. The molecule has 0 radical (unpaired) electrons. The molecule has 176 valence electrons. The predicted octanol–water partition coefficient (Wildman–Crippen LogP) is 1.59. The summed E-state index contributed by atoms with van der Waals surface area (Å²) in [5.41, 5.74) is -0.318. The van der Waals surface area contributed by atoms with E-state index in [1.807, 2.05) is 50.2 Å². The van der Waals surface area contributed by atoms with Crippen LogP contribution < -0.4 is 0 Å². The zero-order valence-corrected chi connectivity index (χ0v) is 19.1. The lowest BCUT2D eigenvalue weighted by Crippen LogP contribution is -2.66. The van der Waals surface area contributed by atoms with Crippen LogP contribution in [0.5, 0.6) is 0 Å². The molecule has 0 heterocycles. The average molecular weight is 445 g/mol. The molecule has 0 spiro atoms. The van der Waals surface area contributed by atoms with Crippen molar-refractivity contribution in [2.75, 3.05) is 6.61 Å². The summed E-state index contributed by atoms with van der Waals surface area (Å²) < 4.78 is 0. The fraction of sp³-hybridized carbons (Fsp3) is 0.462. The minimum Gasteiger partial charge on any atom is -0.394 e. The van der Waals surface area contributed by atoms with Crippen molar-refractivity contribution in [1.82, 2.24) is 0 Å². The van der Waals surface area contributed by atoms with Crippen LogP contribution in [0.1, 0.15) is 35.6 Å². The summed E-state index contributed by atoms with van der Waals surface area (Å²) in [5.74, 6) is 0. The molecule has 2 rings (SSSR count). The molecule has 6 heteroatoms. The van der Waals surface area contributed by atoms with Gasteiger partial charge in [0.25, 0.3) is 0 Å². The third kappa shape index (κ3) is 6.25. The van der Waals surface area contributed by atoms with Gasteiger partial charge in [-0.1, -0.05) is 65.2 Å². The van der Waals surface area contributed by atoms with Gasteiger partial charge in [-0.05, 0) is 38.3 Å². The molecule has 0 aromatic heterocycles. The van der Waals surface area contributed by atoms with Crippen molar-refractivity contribution in [3.8, 4) is 0 Å². The van der Waals surface area contributed by atoms with E-state index >= 15 is 0 Å². The van der Waals surface area contributed by atoms with Crippen LogP contribution in [-0.2, 0) is 12.8 Å². The van der Waals surface area contributed by atoms with E-state index in [2.05, 4.69) is 6.58 Å². The zero-order valence-electron chi connectivity index (χ0n) is 19.1. The molecule has 6 N–H and O–H groups in total. The summed E-state index contributed by atoms with van der Waals surface area (Å²) >= 11 is 0. The number of aliphatic hydroxyl groups excluding tert-OH is 4. The van der Waals surface area contributed by atoms with Crippen LogP contribution in [0.2, 0.25) is 0 Å². The molecule has 0 aliphatic carbocycles. The monoisotopic (exact) mass is 444 g/mol. The minimum absolute atomic E-state index is 0.0144. The highest BCUT2D eigenvalue weighted by molar-refractivity contribution is 5.27. The van der Waals surface area contributed by atoms with Crippen molar-refractivity contribution in [2.24, 2.45) is 0 Å². The fourth-order valence-corrected chi connectivity index (χ4v) is 4.13. The Balaban J connectivity index is 2.51. The molecule has 32 heavy (non-hydrogen) atoms. The maximum atomic E-state index is 11.6. The number of aryl methyl sites for hydroxylation is 2. The first-order valence-corrected chi connectivity index (χ1v) is 10.8. The summed E-state index contributed by atoms with van der Waals surface area (Å²) in [7, 11) is 0. The molecule has 0 bridgehead atoms. The van der Waals surface area contributed by atoms with E-state index in [1.54, 1.807) is 19.1 Å². The third-order valence-corrected chi connectivity index (χ3v) is 5.89. The summed E-state index contributed by atoms with van der Waals surface area (Å²) in [6.07, 6.45) is -5.81. The van der Waals surface area contributed by atoms with Gasteiger partial charge in [0, 0.05) is 12.8 Å². The SMILES string of the molecule is C=C(C)CC(O)(Cc1ccc(C)cc1)[C@@H](O)[C@@](O)(Cc1ccc(C)cc1)[C@H](O)[C@@H](O)CO. The first-order chi connectivity index (χ1) is 14.9. The Morgan fingerprint density at radius 3 is 1.69 bits per heavy atom. The van der Waals surface area contributed by atoms with Crippen molar-refractivity contribution >= 4 is 0 Å². The van der Waals surface area contributed by atoms with Crippen LogP contribution in [0.4, 0.5) is 0 Å². The zero-order chi connectivity index (χ0) is 24.1. The molecule has 0 saturated carbocycles. The van der Waals surface area contributed by atoms with E-state index in [9.17, 15) is 30.6 Å². The second kappa shape index (κ2) is 10.7. The van der Waals surface area contributed by atoms with Gasteiger partial charge in [-0.25, -0.2) is 0 Å². The van der Waals surface area contributed by atoms with Crippen LogP contribution in [0.25, 0.3) is 0 Å². The topological polar surface area (TPSA) is 121 Å². The molecule has 0 amide bonds. The minimum atomic E-state index is -2.35. The van der Waals surface area contributed by atoms with Crippen LogP contribution in [-0.4, -0.2) is 66.8 Å².